The first-order valence-corrected chi connectivity index (χ1v) is 12.0. The molecule has 1 aromatic heterocycles. The second-order valence-corrected chi connectivity index (χ2v) is 8.84. The zero-order valence-corrected chi connectivity index (χ0v) is 21.4. The summed E-state index contributed by atoms with van der Waals surface area (Å²) in [5.41, 5.74) is 3.22. The van der Waals surface area contributed by atoms with Crippen molar-refractivity contribution in [3.8, 4) is 22.9 Å². The maximum absolute atomic E-state index is 13.2. The van der Waals surface area contributed by atoms with Gasteiger partial charge in [0.25, 0.3) is 0 Å². The smallest absolute Gasteiger partial charge is 0.341 e. The number of benzene rings is 3. The van der Waals surface area contributed by atoms with Crippen LogP contribution in [0.4, 0.5) is 5.69 Å². The minimum absolute atomic E-state index is 0.174. The van der Waals surface area contributed by atoms with Crippen molar-refractivity contribution in [2.75, 3.05) is 13.7 Å². The number of hydrogen-bond donors (Lipinski definition) is 2. The third-order valence-electron chi connectivity index (χ3n) is 5.26. The van der Waals surface area contributed by atoms with Gasteiger partial charge in [-0.2, -0.15) is 0 Å². The van der Waals surface area contributed by atoms with Gasteiger partial charge in [0.1, 0.15) is 5.75 Å². The van der Waals surface area contributed by atoms with Crippen LogP contribution in [-0.2, 0) is 4.74 Å². The molecule has 178 valence electrons. The van der Waals surface area contributed by atoms with Crippen LogP contribution < -0.4 is 4.74 Å². The number of rotatable bonds is 7. The molecule has 0 saturated heterocycles. The maximum atomic E-state index is 13.2. The molecule has 0 bridgehead atoms. The lowest BCUT2D eigenvalue weighted by Gasteiger charge is -2.11. The summed E-state index contributed by atoms with van der Waals surface area (Å²) in [7, 11) is 1.59. The van der Waals surface area contributed by atoms with Gasteiger partial charge in [0, 0.05) is 15.1 Å². The summed E-state index contributed by atoms with van der Waals surface area (Å²) >= 11 is 9.51. The monoisotopic (exact) mass is 552 g/mol. The quantitative estimate of drug-likeness (QED) is 0.188. The Balaban J connectivity index is 1.98. The molecule has 0 saturated carbocycles. The van der Waals surface area contributed by atoms with Crippen molar-refractivity contribution in [2.45, 2.75) is 6.92 Å². The molecule has 0 atom stereocenters. The number of aliphatic imine (C=N–C) groups is 1. The normalized spacial score (nSPS) is 11.4. The van der Waals surface area contributed by atoms with E-state index < -0.39 is 5.97 Å². The minimum Gasteiger partial charge on any atom is -0.497 e. The van der Waals surface area contributed by atoms with Gasteiger partial charge in [0.2, 0.25) is 0 Å². The lowest BCUT2D eigenvalue weighted by atomic mass is 9.97. The first-order chi connectivity index (χ1) is 16.9. The van der Waals surface area contributed by atoms with Gasteiger partial charge in [-0.25, -0.2) is 9.79 Å². The summed E-state index contributed by atoms with van der Waals surface area (Å²) in [6, 6.07) is 21.6. The molecule has 0 fully saturated rings. The molecule has 4 rings (SSSR count). The SMILES string of the molecule is CCOC(=O)c1c(-c2ccc(Cl)cc2)[nH]c(O)c1C(=Nc1ccc(OC)cc1)c1ccc(Br)cc1. The molecule has 0 unspecified atom stereocenters. The summed E-state index contributed by atoms with van der Waals surface area (Å²) in [5.74, 6) is -0.0902. The van der Waals surface area contributed by atoms with Gasteiger partial charge >= 0.3 is 5.97 Å². The van der Waals surface area contributed by atoms with Crippen LogP contribution in [0.1, 0.15) is 28.4 Å². The van der Waals surface area contributed by atoms with Gasteiger partial charge in [-0.1, -0.05) is 51.8 Å². The fraction of sp³-hybridized carbons (Fsp3) is 0.111. The number of hydrogen-bond acceptors (Lipinski definition) is 5. The van der Waals surface area contributed by atoms with Gasteiger partial charge in [-0.05, 0) is 61.0 Å². The van der Waals surface area contributed by atoms with Crippen molar-refractivity contribution in [2.24, 2.45) is 4.99 Å². The highest BCUT2D eigenvalue weighted by Crippen LogP contribution is 2.36. The van der Waals surface area contributed by atoms with Crippen molar-refractivity contribution in [3.05, 3.63) is 99.0 Å². The highest BCUT2D eigenvalue weighted by molar-refractivity contribution is 9.10. The van der Waals surface area contributed by atoms with Crippen molar-refractivity contribution >= 4 is 44.9 Å². The Morgan fingerprint density at radius 3 is 2.26 bits per heavy atom. The summed E-state index contributed by atoms with van der Waals surface area (Å²) in [5, 5.41) is 11.6. The fourth-order valence-corrected chi connectivity index (χ4v) is 4.01. The molecular weight excluding hydrogens is 532 g/mol. The number of carbonyl (C=O) groups is 1. The van der Waals surface area contributed by atoms with Crippen molar-refractivity contribution in [3.63, 3.8) is 0 Å². The third kappa shape index (κ3) is 5.42. The van der Waals surface area contributed by atoms with E-state index in [-0.39, 0.29) is 23.6 Å². The Morgan fingerprint density at radius 1 is 1.00 bits per heavy atom. The average molecular weight is 554 g/mol. The van der Waals surface area contributed by atoms with Crippen LogP contribution in [0.15, 0.2) is 82.3 Å². The maximum Gasteiger partial charge on any atom is 0.341 e. The molecule has 0 aliphatic rings. The molecule has 4 aromatic rings. The van der Waals surface area contributed by atoms with Gasteiger partial charge in [-0.15, -0.1) is 0 Å². The molecular formula is C27H22BrClN2O4. The summed E-state index contributed by atoms with van der Waals surface area (Å²) in [6.07, 6.45) is 0. The number of H-pyrrole nitrogens is 1. The van der Waals surface area contributed by atoms with E-state index >= 15 is 0 Å². The van der Waals surface area contributed by atoms with Crippen LogP contribution in [0.2, 0.25) is 5.02 Å². The zero-order valence-electron chi connectivity index (χ0n) is 19.0. The van der Waals surface area contributed by atoms with E-state index in [0.29, 0.717) is 39.0 Å². The topological polar surface area (TPSA) is 83.9 Å². The standard InChI is InChI=1S/C27H22BrClN2O4/c1-3-35-27(33)23-22(26(32)31-25(23)17-6-10-19(29)11-7-17)24(16-4-8-18(28)9-5-16)30-20-12-14-21(34-2)15-13-20/h4-15,31-32H,3H2,1-2H3. The first kappa shape index (κ1) is 24.6. The number of aromatic hydroxyl groups is 1. The summed E-state index contributed by atoms with van der Waals surface area (Å²) in [6.45, 7) is 1.90. The number of nitrogens with zero attached hydrogens (tertiary/aromatic N) is 1. The van der Waals surface area contributed by atoms with Gasteiger partial charge in [0.05, 0.1) is 41.9 Å². The van der Waals surface area contributed by atoms with Crippen LogP contribution in [0.3, 0.4) is 0 Å². The number of carbonyl (C=O) groups excluding carboxylic acids is 1. The number of halogens is 2. The van der Waals surface area contributed by atoms with Gasteiger partial charge in [0.15, 0.2) is 5.88 Å². The molecule has 0 aliphatic heterocycles. The second kappa shape index (κ2) is 10.8. The largest absolute Gasteiger partial charge is 0.497 e. The molecule has 0 radical (unpaired) electrons. The molecule has 3 aromatic carbocycles. The van der Waals surface area contributed by atoms with E-state index in [4.69, 9.17) is 26.1 Å². The van der Waals surface area contributed by atoms with Crippen molar-refractivity contribution in [1.82, 2.24) is 4.98 Å². The van der Waals surface area contributed by atoms with Crippen molar-refractivity contribution < 1.29 is 19.4 Å². The van der Waals surface area contributed by atoms with E-state index in [1.54, 1.807) is 62.6 Å². The predicted molar refractivity (Wildman–Crippen MR) is 141 cm³/mol. The van der Waals surface area contributed by atoms with Crippen molar-refractivity contribution in [1.29, 1.82) is 0 Å². The van der Waals surface area contributed by atoms with E-state index in [1.807, 2.05) is 24.3 Å². The molecule has 1 heterocycles. The molecule has 0 spiro atoms. The van der Waals surface area contributed by atoms with E-state index in [0.717, 1.165) is 4.47 Å². The summed E-state index contributed by atoms with van der Waals surface area (Å²) in [4.78, 5) is 21.0. The summed E-state index contributed by atoms with van der Waals surface area (Å²) < 4.78 is 11.5. The number of ether oxygens (including phenoxy) is 2. The van der Waals surface area contributed by atoms with Gasteiger partial charge in [-0.3, -0.25) is 0 Å². The second-order valence-electron chi connectivity index (χ2n) is 7.49. The first-order valence-electron chi connectivity index (χ1n) is 10.8. The average Bonchev–Trinajstić information content (AvgIpc) is 3.21. The molecule has 0 amide bonds. The number of aromatic amines is 1. The minimum atomic E-state index is -0.580. The fourth-order valence-electron chi connectivity index (χ4n) is 3.62. The van der Waals surface area contributed by atoms with E-state index in [2.05, 4.69) is 20.9 Å². The highest BCUT2D eigenvalue weighted by atomic mass is 79.9. The lowest BCUT2D eigenvalue weighted by molar-refractivity contribution is 0.0527. The zero-order chi connectivity index (χ0) is 24.9. The number of methoxy groups -OCH3 is 1. The number of aromatic nitrogens is 1. The lowest BCUT2D eigenvalue weighted by Crippen LogP contribution is -2.12. The van der Waals surface area contributed by atoms with Crippen LogP contribution >= 0.6 is 27.5 Å². The number of esters is 1. The molecule has 8 heteroatoms. The van der Waals surface area contributed by atoms with E-state index in [1.165, 1.54) is 0 Å². The van der Waals surface area contributed by atoms with Gasteiger partial charge < -0.3 is 19.6 Å². The Morgan fingerprint density at radius 2 is 1.66 bits per heavy atom. The molecule has 35 heavy (non-hydrogen) atoms. The molecule has 2 N–H and O–H groups in total. The Hall–Kier alpha value is -3.55. The predicted octanol–water partition coefficient (Wildman–Crippen LogP) is 7.16. The van der Waals surface area contributed by atoms with Crippen LogP contribution in [0, 0.1) is 0 Å². The van der Waals surface area contributed by atoms with Crippen LogP contribution in [0.5, 0.6) is 11.6 Å². The Labute approximate surface area is 216 Å². The molecule has 6 nitrogen and oxygen atoms in total. The van der Waals surface area contributed by atoms with Crippen LogP contribution in [-0.4, -0.2) is 35.5 Å². The Kier molecular flexibility index (Phi) is 7.58. The highest BCUT2D eigenvalue weighted by Gasteiger charge is 2.29. The number of nitrogens with one attached hydrogen (secondary N) is 1. The Bertz CT molecular complexity index is 1360. The third-order valence-corrected chi connectivity index (χ3v) is 6.04. The molecule has 0 aliphatic carbocycles. The van der Waals surface area contributed by atoms with Crippen LogP contribution in [0.25, 0.3) is 11.3 Å². The van der Waals surface area contributed by atoms with E-state index in [9.17, 15) is 9.90 Å².